The maximum atomic E-state index is 12.7. The third-order valence-corrected chi connectivity index (χ3v) is 8.25. The number of methoxy groups -OCH3 is 2. The number of aromatic nitrogens is 3. The molecule has 1 unspecified atom stereocenters. The number of carbonyl (C=O) groups excluding carboxylic acids is 3. The molecule has 198 valence electrons. The Bertz CT molecular complexity index is 1330. The molecule has 1 amide bonds. The van der Waals surface area contributed by atoms with E-state index in [4.69, 9.17) is 25.8 Å². The second kappa shape index (κ2) is 12.0. The van der Waals surface area contributed by atoms with Crippen LogP contribution in [-0.2, 0) is 21.3 Å². The van der Waals surface area contributed by atoms with Crippen molar-refractivity contribution in [3.05, 3.63) is 50.1 Å². The molecule has 3 rings (SSSR count). The normalized spacial score (nSPS) is 11.7. The third-order valence-electron chi connectivity index (χ3n) is 5.45. The summed E-state index contributed by atoms with van der Waals surface area (Å²) in [5.41, 5.74) is 2.33. The van der Waals surface area contributed by atoms with Crippen LogP contribution in [0.25, 0.3) is 0 Å². The molecule has 0 aliphatic carbocycles. The third kappa shape index (κ3) is 6.25. The summed E-state index contributed by atoms with van der Waals surface area (Å²) >= 11 is 8.37. The van der Waals surface area contributed by atoms with Gasteiger partial charge in [-0.25, -0.2) is 9.59 Å². The number of rotatable bonds is 9. The van der Waals surface area contributed by atoms with Crippen LogP contribution in [0.15, 0.2) is 17.3 Å². The number of hydrogen-bond acceptors (Lipinski definition) is 10. The SMILES string of the molecule is COC(=O)c1sc(NC(=O)CSc2nnc(C(C)Oc3cc(C)c(Cl)c(C)c3)n2C)c(C(=O)OC)c1C. The Morgan fingerprint density at radius 2 is 1.73 bits per heavy atom. The topological polar surface area (TPSA) is 122 Å². The van der Waals surface area contributed by atoms with E-state index < -0.39 is 23.9 Å². The summed E-state index contributed by atoms with van der Waals surface area (Å²) in [6.45, 7) is 7.28. The van der Waals surface area contributed by atoms with E-state index in [1.807, 2.05) is 32.9 Å². The largest absolute Gasteiger partial charge is 0.483 e. The van der Waals surface area contributed by atoms with Crippen LogP contribution in [0.3, 0.4) is 0 Å². The second-order valence-corrected chi connectivity index (χ2v) is 10.5. The van der Waals surface area contributed by atoms with Gasteiger partial charge in [-0.1, -0.05) is 23.4 Å². The molecule has 13 heteroatoms. The summed E-state index contributed by atoms with van der Waals surface area (Å²) in [4.78, 5) is 37.2. The number of benzene rings is 1. The zero-order valence-electron chi connectivity index (χ0n) is 21.4. The van der Waals surface area contributed by atoms with Crippen molar-refractivity contribution in [2.75, 3.05) is 25.3 Å². The van der Waals surface area contributed by atoms with Gasteiger partial charge in [0.1, 0.15) is 15.6 Å². The molecule has 3 aromatic rings. The predicted octanol–water partition coefficient (Wildman–Crippen LogP) is 4.90. The van der Waals surface area contributed by atoms with Crippen molar-refractivity contribution in [3.8, 4) is 5.75 Å². The highest BCUT2D eigenvalue weighted by atomic mass is 35.5. The average molecular weight is 567 g/mol. The van der Waals surface area contributed by atoms with Gasteiger partial charge < -0.3 is 24.1 Å². The fraction of sp³-hybridized carbons (Fsp3) is 0.375. The molecule has 0 spiro atoms. The summed E-state index contributed by atoms with van der Waals surface area (Å²) in [6, 6.07) is 3.73. The van der Waals surface area contributed by atoms with Crippen LogP contribution >= 0.6 is 34.7 Å². The lowest BCUT2D eigenvalue weighted by Crippen LogP contribution is -2.16. The first-order valence-corrected chi connectivity index (χ1v) is 13.2. The van der Waals surface area contributed by atoms with Crippen molar-refractivity contribution in [1.82, 2.24) is 14.8 Å². The molecule has 1 N–H and O–H groups in total. The van der Waals surface area contributed by atoms with Gasteiger partial charge in [0.05, 0.1) is 25.5 Å². The monoisotopic (exact) mass is 566 g/mol. The fourth-order valence-corrected chi connectivity index (χ4v) is 5.52. The number of nitrogens with zero attached hydrogens (tertiary/aromatic N) is 3. The van der Waals surface area contributed by atoms with Gasteiger partial charge in [-0.15, -0.1) is 21.5 Å². The van der Waals surface area contributed by atoms with Gasteiger partial charge in [-0.05, 0) is 56.5 Å². The van der Waals surface area contributed by atoms with Gasteiger partial charge in [0, 0.05) is 12.1 Å². The van der Waals surface area contributed by atoms with Gasteiger partial charge in [0.15, 0.2) is 17.1 Å². The zero-order chi connectivity index (χ0) is 27.4. The summed E-state index contributed by atoms with van der Waals surface area (Å²) < 4.78 is 17.4. The highest BCUT2D eigenvalue weighted by Crippen LogP contribution is 2.34. The summed E-state index contributed by atoms with van der Waals surface area (Å²) in [5, 5.41) is 12.5. The minimum Gasteiger partial charge on any atom is -0.483 e. The Hall–Kier alpha value is -3.09. The van der Waals surface area contributed by atoms with E-state index in [0.717, 1.165) is 22.5 Å². The van der Waals surface area contributed by atoms with Gasteiger partial charge in [0.25, 0.3) is 0 Å². The van der Waals surface area contributed by atoms with E-state index in [0.29, 0.717) is 27.3 Å². The zero-order valence-corrected chi connectivity index (χ0v) is 23.8. The van der Waals surface area contributed by atoms with Crippen LogP contribution in [0.2, 0.25) is 5.02 Å². The molecule has 0 aliphatic rings. The molecule has 1 atom stereocenters. The summed E-state index contributed by atoms with van der Waals surface area (Å²) in [7, 11) is 4.26. The minimum atomic E-state index is -0.662. The molecule has 10 nitrogen and oxygen atoms in total. The van der Waals surface area contributed by atoms with Crippen molar-refractivity contribution in [2.45, 2.75) is 39.0 Å². The average Bonchev–Trinajstić information content (AvgIpc) is 3.39. The molecule has 2 heterocycles. The lowest BCUT2D eigenvalue weighted by molar-refractivity contribution is -0.113. The van der Waals surface area contributed by atoms with Crippen molar-refractivity contribution in [3.63, 3.8) is 0 Å². The Morgan fingerprint density at radius 1 is 1.11 bits per heavy atom. The van der Waals surface area contributed by atoms with Crippen molar-refractivity contribution < 1.29 is 28.6 Å². The Morgan fingerprint density at radius 3 is 2.32 bits per heavy atom. The number of thiophene rings is 1. The first kappa shape index (κ1) is 28.5. The molecule has 0 radical (unpaired) electrons. The maximum Gasteiger partial charge on any atom is 0.348 e. The number of ether oxygens (including phenoxy) is 3. The van der Waals surface area contributed by atoms with Crippen molar-refractivity contribution >= 4 is 57.5 Å². The molecule has 1 aromatic carbocycles. The van der Waals surface area contributed by atoms with Crippen molar-refractivity contribution in [1.29, 1.82) is 0 Å². The maximum absolute atomic E-state index is 12.7. The van der Waals surface area contributed by atoms with Crippen molar-refractivity contribution in [2.24, 2.45) is 7.05 Å². The van der Waals surface area contributed by atoms with Crippen LogP contribution in [0, 0.1) is 20.8 Å². The minimum absolute atomic E-state index is 0.0120. The van der Waals surface area contributed by atoms with Crippen LogP contribution in [0.4, 0.5) is 5.00 Å². The standard InChI is InChI=1S/C24H27ClN4O6S2/c1-11-8-15(9-12(2)18(11)25)35-14(4)20-27-28-24(29(20)5)36-10-16(30)26-21-17(22(31)33-6)13(3)19(37-21)23(32)34-7/h8-9,14H,10H2,1-7H3,(H,26,30). The molecular formula is C24H27ClN4O6S2. The number of anilines is 1. The number of esters is 2. The number of nitrogens with one attached hydrogen (secondary N) is 1. The van der Waals surface area contributed by atoms with Crippen LogP contribution < -0.4 is 10.1 Å². The highest BCUT2D eigenvalue weighted by molar-refractivity contribution is 7.99. The molecule has 0 saturated carbocycles. The van der Waals surface area contributed by atoms with E-state index in [2.05, 4.69) is 15.5 Å². The van der Waals surface area contributed by atoms with Gasteiger partial charge in [-0.2, -0.15) is 0 Å². The number of carbonyl (C=O) groups is 3. The number of aryl methyl sites for hydroxylation is 2. The molecule has 2 aromatic heterocycles. The summed E-state index contributed by atoms with van der Waals surface area (Å²) in [6.07, 6.45) is -0.408. The number of hydrogen-bond donors (Lipinski definition) is 1. The molecular weight excluding hydrogens is 540 g/mol. The van der Waals surface area contributed by atoms with E-state index in [9.17, 15) is 14.4 Å². The number of halogens is 1. The molecule has 0 saturated heterocycles. The number of amides is 1. The molecule has 0 fully saturated rings. The van der Waals surface area contributed by atoms with E-state index in [1.165, 1.54) is 26.0 Å². The van der Waals surface area contributed by atoms with E-state index >= 15 is 0 Å². The van der Waals surface area contributed by atoms with E-state index in [1.54, 1.807) is 18.5 Å². The smallest absolute Gasteiger partial charge is 0.348 e. The Kier molecular flexibility index (Phi) is 9.21. The van der Waals surface area contributed by atoms with Gasteiger partial charge in [0.2, 0.25) is 5.91 Å². The van der Waals surface area contributed by atoms with E-state index in [-0.39, 0.29) is 21.2 Å². The molecule has 0 aliphatic heterocycles. The summed E-state index contributed by atoms with van der Waals surface area (Å²) in [5.74, 6) is -0.421. The Balaban J connectivity index is 1.69. The first-order valence-electron chi connectivity index (χ1n) is 11.0. The van der Waals surface area contributed by atoms with Gasteiger partial charge >= 0.3 is 11.9 Å². The first-order chi connectivity index (χ1) is 17.5. The fourth-order valence-electron chi connectivity index (χ4n) is 3.57. The van der Waals surface area contributed by atoms with Crippen LogP contribution in [0.5, 0.6) is 5.75 Å². The highest BCUT2D eigenvalue weighted by Gasteiger charge is 2.27. The quantitative estimate of drug-likeness (QED) is 0.284. The predicted molar refractivity (Wildman–Crippen MR) is 142 cm³/mol. The molecule has 37 heavy (non-hydrogen) atoms. The Labute approximate surface area is 227 Å². The van der Waals surface area contributed by atoms with Crippen LogP contribution in [0.1, 0.15) is 55.6 Å². The second-order valence-electron chi connectivity index (χ2n) is 8.11. The lowest BCUT2D eigenvalue weighted by atomic mass is 10.1. The van der Waals surface area contributed by atoms with Crippen LogP contribution in [-0.4, -0.2) is 52.6 Å². The number of thioether (sulfide) groups is 1. The lowest BCUT2D eigenvalue weighted by Gasteiger charge is -2.16. The van der Waals surface area contributed by atoms with Gasteiger partial charge in [-0.3, -0.25) is 4.79 Å². The molecule has 0 bridgehead atoms.